The summed E-state index contributed by atoms with van der Waals surface area (Å²) in [4.78, 5) is 14.4. The molecule has 23 heavy (non-hydrogen) atoms. The Kier molecular flexibility index (Phi) is 2.55. The van der Waals surface area contributed by atoms with Crippen molar-refractivity contribution >= 4 is 23.4 Å². The van der Waals surface area contributed by atoms with Crippen molar-refractivity contribution in [3.05, 3.63) is 53.1 Å². The number of rotatable bonds is 0. The summed E-state index contributed by atoms with van der Waals surface area (Å²) in [6, 6.07) is 13.0. The minimum Gasteiger partial charge on any atom is -0.455 e. The molecule has 5 rings (SSSR count). The van der Waals surface area contributed by atoms with Crippen LogP contribution in [0.25, 0.3) is 0 Å². The van der Waals surface area contributed by atoms with Gasteiger partial charge in [0, 0.05) is 10.6 Å². The minimum absolute atomic E-state index is 0.167. The molecule has 2 aromatic carbocycles. The van der Waals surface area contributed by atoms with Gasteiger partial charge in [-0.05, 0) is 43.5 Å². The normalized spacial score (nSPS) is 23.1. The van der Waals surface area contributed by atoms with Crippen LogP contribution in [0.15, 0.2) is 42.5 Å². The lowest BCUT2D eigenvalue weighted by Crippen LogP contribution is -2.44. The summed E-state index contributed by atoms with van der Waals surface area (Å²) in [5.74, 6) is 1.39. The van der Waals surface area contributed by atoms with Crippen LogP contribution in [-0.4, -0.2) is 11.7 Å². The van der Waals surface area contributed by atoms with Crippen molar-refractivity contribution < 1.29 is 14.3 Å². The first-order valence-electron chi connectivity index (χ1n) is 7.76. The number of nitrogens with zero attached hydrogens (tertiary/aromatic N) is 1. The van der Waals surface area contributed by atoms with Crippen molar-refractivity contribution in [3.63, 3.8) is 0 Å². The summed E-state index contributed by atoms with van der Waals surface area (Å²) >= 11 is 6.16. The van der Waals surface area contributed by atoms with E-state index in [1.807, 2.05) is 24.3 Å². The van der Waals surface area contributed by atoms with Gasteiger partial charge in [-0.15, -0.1) is 0 Å². The highest BCUT2D eigenvalue weighted by Crippen LogP contribution is 2.58. The third-order valence-electron chi connectivity index (χ3n) is 5.06. The van der Waals surface area contributed by atoms with E-state index in [0.717, 1.165) is 30.6 Å². The molecule has 1 aliphatic carbocycles. The fourth-order valence-corrected chi connectivity index (χ4v) is 4.03. The summed E-state index contributed by atoms with van der Waals surface area (Å²) in [6.45, 7) is 0. The Bertz CT molecular complexity index is 831. The summed E-state index contributed by atoms with van der Waals surface area (Å²) in [7, 11) is 0. The number of hydrogen-bond donors (Lipinski definition) is 0. The van der Waals surface area contributed by atoms with Crippen molar-refractivity contribution in [2.75, 3.05) is 4.90 Å². The fraction of sp³-hybridized carbons (Fsp3) is 0.278. The number of halogens is 1. The number of amides is 1. The van der Waals surface area contributed by atoms with E-state index in [1.165, 1.54) is 0 Å². The maximum Gasteiger partial charge on any atom is 0.415 e. The highest BCUT2D eigenvalue weighted by atomic mass is 35.5. The molecule has 1 unspecified atom stereocenters. The van der Waals surface area contributed by atoms with Gasteiger partial charge >= 0.3 is 6.09 Å². The summed E-state index contributed by atoms with van der Waals surface area (Å²) in [6.07, 6.45) is 2.51. The number of carbonyl (C=O) groups is 1. The smallest absolute Gasteiger partial charge is 0.415 e. The molecule has 4 nitrogen and oxygen atoms in total. The first-order valence-corrected chi connectivity index (χ1v) is 8.14. The molecule has 1 atom stereocenters. The van der Waals surface area contributed by atoms with E-state index < -0.39 is 5.60 Å². The van der Waals surface area contributed by atoms with Crippen LogP contribution in [0.3, 0.4) is 0 Å². The van der Waals surface area contributed by atoms with Gasteiger partial charge in [-0.3, -0.25) is 4.90 Å². The van der Waals surface area contributed by atoms with E-state index in [9.17, 15) is 4.79 Å². The van der Waals surface area contributed by atoms with Crippen molar-refractivity contribution in [2.24, 2.45) is 0 Å². The van der Waals surface area contributed by atoms with Gasteiger partial charge < -0.3 is 9.47 Å². The van der Waals surface area contributed by atoms with Gasteiger partial charge in [0.05, 0.1) is 5.69 Å². The lowest BCUT2D eigenvalue weighted by atomic mass is 9.72. The van der Waals surface area contributed by atoms with Crippen LogP contribution >= 0.6 is 11.6 Å². The molecule has 5 heteroatoms. The van der Waals surface area contributed by atoms with Crippen LogP contribution in [-0.2, 0) is 4.74 Å². The third kappa shape index (κ3) is 1.70. The zero-order chi connectivity index (χ0) is 15.6. The monoisotopic (exact) mass is 327 g/mol. The number of para-hydroxylation sites is 1. The Morgan fingerprint density at radius 1 is 1.13 bits per heavy atom. The molecule has 0 N–H and O–H groups in total. The SMILES string of the molecule is O=C1OC2(CCC2)C2c3ccccc3Oc3ccc(Cl)cc3N12. The van der Waals surface area contributed by atoms with Crippen LogP contribution in [0.4, 0.5) is 10.5 Å². The third-order valence-corrected chi connectivity index (χ3v) is 5.29. The predicted octanol–water partition coefficient (Wildman–Crippen LogP) is 5.07. The number of carbonyl (C=O) groups excluding carboxylic acids is 1. The second-order valence-corrected chi connectivity index (χ2v) is 6.75. The molecule has 116 valence electrons. The standard InChI is InChI=1S/C18H14ClNO3/c19-11-6-7-15-13(10-11)20-16(12-4-1-2-5-14(12)22-15)18(8-3-9-18)23-17(20)21/h1-2,4-7,10,16H,3,8-9H2. The molecule has 2 aromatic rings. The average molecular weight is 328 g/mol. The zero-order valence-corrected chi connectivity index (χ0v) is 13.0. The Balaban J connectivity index is 1.80. The maximum absolute atomic E-state index is 12.7. The molecular formula is C18H14ClNO3. The number of hydrogen-bond acceptors (Lipinski definition) is 3. The van der Waals surface area contributed by atoms with Crippen molar-refractivity contribution in [3.8, 4) is 11.5 Å². The molecule has 2 aliphatic heterocycles. The molecule has 3 aliphatic rings. The first kappa shape index (κ1) is 13.3. The van der Waals surface area contributed by atoms with E-state index >= 15 is 0 Å². The second kappa shape index (κ2) is 4.42. The Morgan fingerprint density at radius 3 is 2.74 bits per heavy atom. The Hall–Kier alpha value is -2.20. The topological polar surface area (TPSA) is 38.8 Å². The minimum atomic E-state index is -0.444. The van der Waals surface area contributed by atoms with Crippen molar-refractivity contribution in [2.45, 2.75) is 30.9 Å². The Morgan fingerprint density at radius 2 is 1.96 bits per heavy atom. The highest BCUT2D eigenvalue weighted by Gasteiger charge is 2.60. The molecule has 0 aromatic heterocycles. The zero-order valence-electron chi connectivity index (χ0n) is 12.3. The fourth-order valence-electron chi connectivity index (χ4n) is 3.86. The van der Waals surface area contributed by atoms with Crippen molar-refractivity contribution in [1.82, 2.24) is 0 Å². The maximum atomic E-state index is 12.7. The number of fused-ring (bicyclic) bond motifs is 6. The van der Waals surface area contributed by atoms with Gasteiger partial charge in [0.2, 0.25) is 0 Å². The largest absolute Gasteiger partial charge is 0.455 e. The second-order valence-electron chi connectivity index (χ2n) is 6.31. The molecular weight excluding hydrogens is 314 g/mol. The van der Waals surface area contributed by atoms with Crippen LogP contribution < -0.4 is 9.64 Å². The van der Waals surface area contributed by atoms with E-state index in [2.05, 4.69) is 0 Å². The van der Waals surface area contributed by atoms with E-state index in [-0.39, 0.29) is 12.1 Å². The lowest BCUT2D eigenvalue weighted by Gasteiger charge is -2.41. The van der Waals surface area contributed by atoms with Crippen LogP contribution in [0.1, 0.15) is 30.9 Å². The molecule has 1 spiro atoms. The first-order chi connectivity index (χ1) is 11.2. The summed E-state index contributed by atoms with van der Waals surface area (Å²) < 4.78 is 11.9. The summed E-state index contributed by atoms with van der Waals surface area (Å²) in [5.41, 5.74) is 1.22. The average Bonchev–Trinajstić information content (AvgIpc) is 2.74. The van der Waals surface area contributed by atoms with Gasteiger partial charge in [0.15, 0.2) is 5.75 Å². The predicted molar refractivity (Wildman–Crippen MR) is 86.3 cm³/mol. The Labute approximate surface area is 138 Å². The molecule has 0 radical (unpaired) electrons. The van der Waals surface area contributed by atoms with Crippen LogP contribution in [0.5, 0.6) is 11.5 Å². The lowest BCUT2D eigenvalue weighted by molar-refractivity contribution is -0.0292. The molecule has 1 saturated heterocycles. The number of ether oxygens (including phenoxy) is 2. The van der Waals surface area contributed by atoms with Gasteiger partial charge in [-0.25, -0.2) is 4.79 Å². The molecule has 2 fully saturated rings. The van der Waals surface area contributed by atoms with E-state index in [4.69, 9.17) is 21.1 Å². The van der Waals surface area contributed by atoms with Gasteiger partial charge in [-0.1, -0.05) is 29.8 Å². The number of benzene rings is 2. The van der Waals surface area contributed by atoms with Gasteiger partial charge in [-0.2, -0.15) is 0 Å². The van der Waals surface area contributed by atoms with Gasteiger partial charge in [0.25, 0.3) is 0 Å². The molecule has 1 amide bonds. The molecule has 0 bridgehead atoms. The van der Waals surface area contributed by atoms with Gasteiger partial charge in [0.1, 0.15) is 17.4 Å². The highest BCUT2D eigenvalue weighted by molar-refractivity contribution is 6.31. The van der Waals surface area contributed by atoms with Crippen LogP contribution in [0, 0.1) is 0 Å². The molecule has 1 saturated carbocycles. The quantitative estimate of drug-likeness (QED) is 0.678. The number of anilines is 1. The summed E-state index contributed by atoms with van der Waals surface area (Å²) in [5, 5.41) is 0.569. The molecule has 2 heterocycles. The van der Waals surface area contributed by atoms with E-state index in [1.54, 1.807) is 23.1 Å². The van der Waals surface area contributed by atoms with E-state index in [0.29, 0.717) is 16.5 Å². The van der Waals surface area contributed by atoms with Crippen LogP contribution in [0.2, 0.25) is 5.02 Å². The van der Waals surface area contributed by atoms with Crippen molar-refractivity contribution in [1.29, 1.82) is 0 Å².